The summed E-state index contributed by atoms with van der Waals surface area (Å²) < 4.78 is 1.64. The smallest absolute Gasteiger partial charge is 0.358 e. The van der Waals surface area contributed by atoms with E-state index < -0.39 is 4.92 Å². The van der Waals surface area contributed by atoms with Gasteiger partial charge in [-0.05, 0) is 30.6 Å². The minimum atomic E-state index is -0.450. The van der Waals surface area contributed by atoms with E-state index in [0.29, 0.717) is 23.9 Å². The second kappa shape index (κ2) is 5.84. The van der Waals surface area contributed by atoms with Gasteiger partial charge in [0.1, 0.15) is 0 Å². The van der Waals surface area contributed by atoms with Crippen molar-refractivity contribution in [1.82, 2.24) is 9.78 Å². The quantitative estimate of drug-likeness (QED) is 0.440. The number of nitrogens with zero attached hydrogens (tertiary/aromatic N) is 3. The Morgan fingerprint density at radius 2 is 2.31 bits per heavy atom. The monoisotopic (exact) mass is 245 g/mol. The van der Waals surface area contributed by atoms with E-state index in [1.165, 1.54) is 0 Å². The average molecular weight is 246 g/mol. The molecule has 1 heterocycles. The van der Waals surface area contributed by atoms with Gasteiger partial charge >= 0.3 is 5.82 Å². The van der Waals surface area contributed by atoms with Gasteiger partial charge in [-0.15, -0.1) is 11.6 Å². The molecule has 90 valence electrons. The molecule has 0 radical (unpaired) electrons. The van der Waals surface area contributed by atoms with Gasteiger partial charge in [-0.2, -0.15) is 4.68 Å². The molecule has 0 aliphatic carbocycles. The molecule has 0 saturated carbocycles. The third kappa shape index (κ3) is 3.48. The summed E-state index contributed by atoms with van der Waals surface area (Å²) in [5.41, 5.74) is 0.606. The number of nitro groups is 1. The van der Waals surface area contributed by atoms with Crippen molar-refractivity contribution >= 4 is 17.4 Å². The van der Waals surface area contributed by atoms with Gasteiger partial charge in [-0.3, -0.25) is 0 Å². The van der Waals surface area contributed by atoms with Crippen LogP contribution in [0.2, 0.25) is 0 Å². The molecule has 16 heavy (non-hydrogen) atoms. The van der Waals surface area contributed by atoms with Crippen LogP contribution < -0.4 is 0 Å². The fourth-order valence-corrected chi connectivity index (χ4v) is 1.86. The topological polar surface area (TPSA) is 61.0 Å². The van der Waals surface area contributed by atoms with Crippen molar-refractivity contribution in [3.63, 3.8) is 0 Å². The van der Waals surface area contributed by atoms with Crippen LogP contribution in [0.15, 0.2) is 6.20 Å². The molecule has 1 unspecified atom stereocenters. The Kier molecular flexibility index (Phi) is 4.73. The van der Waals surface area contributed by atoms with Crippen LogP contribution in [0.5, 0.6) is 0 Å². The predicted molar refractivity (Wildman–Crippen MR) is 62.7 cm³/mol. The highest BCUT2D eigenvalue weighted by molar-refractivity contribution is 6.17. The second-order valence-electron chi connectivity index (χ2n) is 4.03. The minimum absolute atomic E-state index is 0.0509. The van der Waals surface area contributed by atoms with Crippen LogP contribution in [0, 0.1) is 23.0 Å². The van der Waals surface area contributed by atoms with E-state index in [0.717, 1.165) is 12.8 Å². The molecule has 0 aliphatic heterocycles. The SMILES string of the molecule is Cc1cn(CCC(C)CCCl)nc1[N+](=O)[O-]. The van der Waals surface area contributed by atoms with Crippen molar-refractivity contribution in [2.24, 2.45) is 5.92 Å². The van der Waals surface area contributed by atoms with Gasteiger partial charge in [0.05, 0.1) is 23.4 Å². The van der Waals surface area contributed by atoms with Crippen LogP contribution in [0.4, 0.5) is 5.82 Å². The Labute approximate surface area is 99.5 Å². The normalized spacial score (nSPS) is 12.7. The maximum Gasteiger partial charge on any atom is 0.392 e. The molecular weight excluding hydrogens is 230 g/mol. The Morgan fingerprint density at radius 1 is 1.62 bits per heavy atom. The molecule has 0 aromatic carbocycles. The third-order valence-electron chi connectivity index (χ3n) is 2.54. The molecular formula is C10H16ClN3O2. The van der Waals surface area contributed by atoms with Gasteiger partial charge in [-0.1, -0.05) is 6.92 Å². The first-order chi connectivity index (χ1) is 7.54. The van der Waals surface area contributed by atoms with Crippen LogP contribution in [0.3, 0.4) is 0 Å². The summed E-state index contributed by atoms with van der Waals surface area (Å²) in [6.07, 6.45) is 3.61. The van der Waals surface area contributed by atoms with E-state index in [2.05, 4.69) is 12.0 Å². The lowest BCUT2D eigenvalue weighted by atomic mass is 10.1. The lowest BCUT2D eigenvalue weighted by Crippen LogP contribution is -2.05. The van der Waals surface area contributed by atoms with Crippen molar-refractivity contribution in [2.45, 2.75) is 33.2 Å². The lowest BCUT2D eigenvalue weighted by Gasteiger charge is -2.06. The number of rotatable bonds is 6. The molecule has 6 heteroatoms. The molecule has 1 rings (SSSR count). The van der Waals surface area contributed by atoms with E-state index in [9.17, 15) is 10.1 Å². The standard InChI is InChI=1S/C10H16ClN3O2/c1-8(3-5-11)4-6-13-7-9(2)10(12-13)14(15)16/h7-8H,3-6H2,1-2H3. The second-order valence-corrected chi connectivity index (χ2v) is 4.41. The number of hydrogen-bond acceptors (Lipinski definition) is 3. The molecule has 0 spiro atoms. The van der Waals surface area contributed by atoms with Crippen molar-refractivity contribution in [3.05, 3.63) is 21.9 Å². The van der Waals surface area contributed by atoms with Crippen molar-refractivity contribution < 1.29 is 4.92 Å². The maximum atomic E-state index is 10.6. The molecule has 1 atom stereocenters. The first kappa shape index (κ1) is 13.0. The van der Waals surface area contributed by atoms with Crippen LogP contribution >= 0.6 is 11.6 Å². The lowest BCUT2D eigenvalue weighted by molar-refractivity contribution is -0.390. The molecule has 0 N–H and O–H groups in total. The average Bonchev–Trinajstić information content (AvgIpc) is 2.57. The molecule has 0 saturated heterocycles. The van der Waals surface area contributed by atoms with Crippen LogP contribution in [-0.2, 0) is 6.54 Å². The van der Waals surface area contributed by atoms with Crippen molar-refractivity contribution in [3.8, 4) is 0 Å². The van der Waals surface area contributed by atoms with Gasteiger partial charge in [0.15, 0.2) is 0 Å². The van der Waals surface area contributed by atoms with Gasteiger partial charge in [0, 0.05) is 5.88 Å². The van der Waals surface area contributed by atoms with Crippen LogP contribution in [0.25, 0.3) is 0 Å². The van der Waals surface area contributed by atoms with E-state index in [1.807, 2.05) is 0 Å². The third-order valence-corrected chi connectivity index (χ3v) is 2.76. The van der Waals surface area contributed by atoms with Crippen LogP contribution in [-0.4, -0.2) is 20.6 Å². The number of aromatic nitrogens is 2. The number of halogens is 1. The molecule has 0 aliphatic rings. The zero-order valence-corrected chi connectivity index (χ0v) is 10.3. The van der Waals surface area contributed by atoms with E-state index in [4.69, 9.17) is 11.6 Å². The Balaban J connectivity index is 2.55. The summed E-state index contributed by atoms with van der Waals surface area (Å²) in [5.74, 6) is 1.12. The number of hydrogen-bond donors (Lipinski definition) is 0. The minimum Gasteiger partial charge on any atom is -0.358 e. The highest BCUT2D eigenvalue weighted by atomic mass is 35.5. The molecule has 5 nitrogen and oxygen atoms in total. The molecule has 1 aromatic heterocycles. The van der Waals surface area contributed by atoms with Gasteiger partial charge < -0.3 is 10.1 Å². The first-order valence-electron chi connectivity index (χ1n) is 5.29. The zero-order valence-electron chi connectivity index (χ0n) is 9.52. The molecule has 1 aromatic rings. The number of aryl methyl sites for hydroxylation is 2. The Morgan fingerprint density at radius 3 is 2.81 bits per heavy atom. The Bertz CT molecular complexity index is 365. The highest BCUT2D eigenvalue weighted by Gasteiger charge is 2.16. The zero-order chi connectivity index (χ0) is 12.1. The Hall–Kier alpha value is -1.10. The predicted octanol–water partition coefficient (Wildman–Crippen LogP) is 2.75. The summed E-state index contributed by atoms with van der Waals surface area (Å²) >= 11 is 5.64. The first-order valence-corrected chi connectivity index (χ1v) is 5.82. The molecule has 0 bridgehead atoms. The highest BCUT2D eigenvalue weighted by Crippen LogP contribution is 2.15. The summed E-state index contributed by atoms with van der Waals surface area (Å²) in [6.45, 7) is 4.52. The summed E-state index contributed by atoms with van der Waals surface area (Å²) in [4.78, 5) is 10.1. The van der Waals surface area contributed by atoms with Gasteiger partial charge in [0.25, 0.3) is 0 Å². The number of alkyl halides is 1. The fourth-order valence-electron chi connectivity index (χ4n) is 1.49. The van der Waals surface area contributed by atoms with E-state index in [-0.39, 0.29) is 5.82 Å². The van der Waals surface area contributed by atoms with Gasteiger partial charge in [0.2, 0.25) is 0 Å². The van der Waals surface area contributed by atoms with Crippen molar-refractivity contribution in [1.29, 1.82) is 0 Å². The summed E-state index contributed by atoms with van der Waals surface area (Å²) in [6, 6.07) is 0. The largest absolute Gasteiger partial charge is 0.392 e. The van der Waals surface area contributed by atoms with E-state index in [1.54, 1.807) is 17.8 Å². The van der Waals surface area contributed by atoms with Crippen LogP contribution in [0.1, 0.15) is 25.3 Å². The fraction of sp³-hybridized carbons (Fsp3) is 0.700. The summed E-state index contributed by atoms with van der Waals surface area (Å²) in [7, 11) is 0. The summed E-state index contributed by atoms with van der Waals surface area (Å²) in [5, 5.41) is 14.5. The van der Waals surface area contributed by atoms with Crippen molar-refractivity contribution in [2.75, 3.05) is 5.88 Å². The maximum absolute atomic E-state index is 10.6. The molecule has 0 fully saturated rings. The van der Waals surface area contributed by atoms with Gasteiger partial charge in [-0.25, -0.2) is 0 Å². The van der Waals surface area contributed by atoms with E-state index >= 15 is 0 Å². The molecule has 0 amide bonds.